The van der Waals surface area contributed by atoms with E-state index in [1.165, 1.54) is 12.3 Å². The van der Waals surface area contributed by atoms with Crippen molar-refractivity contribution in [2.75, 3.05) is 6.26 Å². The van der Waals surface area contributed by atoms with E-state index in [1.54, 1.807) is 42.9 Å². The summed E-state index contributed by atoms with van der Waals surface area (Å²) in [5.41, 5.74) is 2.82. The fraction of sp³-hybridized carbons (Fsp3) is 0.458. The molecule has 2 aromatic heterocycles. The summed E-state index contributed by atoms with van der Waals surface area (Å²) in [6.45, 7) is 4.31. The van der Waals surface area contributed by atoms with Crippen molar-refractivity contribution in [3.63, 3.8) is 0 Å². The van der Waals surface area contributed by atoms with Crippen molar-refractivity contribution < 1.29 is 17.6 Å². The summed E-state index contributed by atoms with van der Waals surface area (Å²) in [5, 5.41) is 15.6. The maximum Gasteiger partial charge on any atom is 0.270 e. The molecule has 0 unspecified atom stereocenters. The number of benzene rings is 1. The van der Waals surface area contributed by atoms with Gasteiger partial charge in [-0.15, -0.1) is 10.2 Å². The molecule has 0 spiro atoms. The van der Waals surface area contributed by atoms with Crippen LogP contribution in [0.2, 0.25) is 0 Å². The predicted molar refractivity (Wildman–Crippen MR) is 132 cm³/mol. The number of amides is 1. The topological polar surface area (TPSA) is 132 Å². The first-order chi connectivity index (χ1) is 17.1. The molecule has 1 saturated carbocycles. The number of hydrogen-bond donors (Lipinski definition) is 2. The predicted octanol–water partition coefficient (Wildman–Crippen LogP) is 2.53. The third-order valence-electron chi connectivity index (χ3n) is 6.22. The third kappa shape index (κ3) is 6.91. The highest BCUT2D eigenvalue weighted by Gasteiger charge is 2.24. The first-order valence-electron chi connectivity index (χ1n) is 11.8. The van der Waals surface area contributed by atoms with Crippen molar-refractivity contribution in [1.82, 2.24) is 35.2 Å². The molecule has 192 valence electrons. The van der Waals surface area contributed by atoms with Crippen molar-refractivity contribution in [2.45, 2.75) is 58.7 Å². The van der Waals surface area contributed by atoms with Gasteiger partial charge in [0.05, 0.1) is 12.8 Å². The quantitative estimate of drug-likeness (QED) is 0.471. The van der Waals surface area contributed by atoms with E-state index in [0.717, 1.165) is 31.2 Å². The van der Waals surface area contributed by atoms with Crippen LogP contribution >= 0.6 is 0 Å². The lowest BCUT2D eigenvalue weighted by Gasteiger charge is -2.27. The highest BCUT2D eigenvalue weighted by atomic mass is 32.2. The Bertz CT molecular complexity index is 1350. The number of pyridine rings is 1. The summed E-state index contributed by atoms with van der Waals surface area (Å²) in [7, 11) is -3.20. The molecule has 2 N–H and O–H groups in total. The molecule has 1 amide bonds. The Kier molecular flexibility index (Phi) is 7.74. The molecule has 1 fully saturated rings. The second-order valence-electron chi connectivity index (χ2n) is 9.42. The Labute approximate surface area is 209 Å². The number of tetrazole rings is 1. The van der Waals surface area contributed by atoms with Crippen LogP contribution in [0.3, 0.4) is 0 Å². The van der Waals surface area contributed by atoms with Crippen LogP contribution < -0.4 is 10.0 Å². The number of hydrogen-bond acceptors (Lipinski definition) is 7. The summed E-state index contributed by atoms with van der Waals surface area (Å²) in [4.78, 5) is 18.6. The zero-order valence-electron chi connectivity index (χ0n) is 20.5. The molecule has 3 aromatic rings. The smallest absolute Gasteiger partial charge is 0.270 e. The third-order valence-corrected chi connectivity index (χ3v) is 6.98. The van der Waals surface area contributed by atoms with E-state index in [2.05, 4.69) is 30.4 Å². The molecule has 1 aromatic carbocycles. The molecule has 1 aliphatic rings. The molecular formula is C24H30FN7O3S. The van der Waals surface area contributed by atoms with Crippen molar-refractivity contribution in [3.05, 3.63) is 58.7 Å². The Morgan fingerprint density at radius 2 is 1.89 bits per heavy atom. The highest BCUT2D eigenvalue weighted by molar-refractivity contribution is 7.88. The molecule has 12 heteroatoms. The molecule has 4 rings (SSSR count). The van der Waals surface area contributed by atoms with Gasteiger partial charge in [-0.05, 0) is 80.0 Å². The normalized spacial score (nSPS) is 18.2. The van der Waals surface area contributed by atoms with E-state index in [1.807, 2.05) is 0 Å². The van der Waals surface area contributed by atoms with E-state index in [4.69, 9.17) is 0 Å². The fourth-order valence-electron chi connectivity index (χ4n) is 4.44. The molecule has 0 bridgehead atoms. The Morgan fingerprint density at radius 1 is 1.14 bits per heavy atom. The largest absolute Gasteiger partial charge is 0.347 e. The van der Waals surface area contributed by atoms with Crippen LogP contribution in [0.5, 0.6) is 0 Å². The van der Waals surface area contributed by atoms with Crippen molar-refractivity contribution >= 4 is 15.9 Å². The summed E-state index contributed by atoms with van der Waals surface area (Å²) in [6, 6.07) is 8.11. The van der Waals surface area contributed by atoms with Crippen molar-refractivity contribution in [2.24, 2.45) is 5.92 Å². The Balaban J connectivity index is 1.38. The van der Waals surface area contributed by atoms with Gasteiger partial charge in [-0.2, -0.15) is 4.80 Å². The SMILES string of the molecule is Cc1cc(-c2nnn(C[C@H]3CC[C@H](NS(C)(=O)=O)CC3)n2)cc(C(=O)NCc2ccc(F)c(C)c2)n1. The minimum Gasteiger partial charge on any atom is -0.347 e. The molecule has 10 nitrogen and oxygen atoms in total. The van der Waals surface area contributed by atoms with E-state index < -0.39 is 10.0 Å². The van der Waals surface area contributed by atoms with Gasteiger partial charge in [-0.25, -0.2) is 22.5 Å². The highest BCUT2D eigenvalue weighted by Crippen LogP contribution is 2.26. The molecular weight excluding hydrogens is 485 g/mol. The van der Waals surface area contributed by atoms with Gasteiger partial charge in [0, 0.05) is 23.8 Å². The molecule has 1 aliphatic carbocycles. The first-order valence-corrected chi connectivity index (χ1v) is 13.7. The molecule has 36 heavy (non-hydrogen) atoms. The van der Waals surface area contributed by atoms with Crippen LogP contribution in [-0.2, 0) is 23.1 Å². The van der Waals surface area contributed by atoms with Crippen LogP contribution in [0.15, 0.2) is 30.3 Å². The van der Waals surface area contributed by atoms with Gasteiger partial charge in [-0.3, -0.25) is 4.79 Å². The van der Waals surface area contributed by atoms with Crippen LogP contribution in [0.1, 0.15) is 53.0 Å². The Morgan fingerprint density at radius 3 is 2.58 bits per heavy atom. The van der Waals surface area contributed by atoms with Gasteiger partial charge in [0.1, 0.15) is 11.5 Å². The second kappa shape index (κ2) is 10.8. The zero-order valence-corrected chi connectivity index (χ0v) is 21.3. The van der Waals surface area contributed by atoms with Crippen molar-refractivity contribution in [1.29, 1.82) is 0 Å². The number of carbonyl (C=O) groups excluding carboxylic acids is 1. The summed E-state index contributed by atoms with van der Waals surface area (Å²) >= 11 is 0. The van der Waals surface area contributed by atoms with Gasteiger partial charge >= 0.3 is 0 Å². The number of nitrogens with one attached hydrogen (secondary N) is 2. The summed E-state index contributed by atoms with van der Waals surface area (Å²) in [5.74, 6) is 0.0949. The zero-order chi connectivity index (χ0) is 25.9. The maximum absolute atomic E-state index is 13.5. The molecule has 0 atom stereocenters. The molecule has 0 saturated heterocycles. The van der Waals surface area contributed by atoms with E-state index in [-0.39, 0.29) is 30.0 Å². The van der Waals surface area contributed by atoms with Gasteiger partial charge in [0.2, 0.25) is 15.8 Å². The van der Waals surface area contributed by atoms with E-state index >= 15 is 0 Å². The number of carbonyl (C=O) groups is 1. The van der Waals surface area contributed by atoms with Gasteiger partial charge in [0.15, 0.2) is 0 Å². The number of aryl methyl sites for hydroxylation is 2. The van der Waals surface area contributed by atoms with Gasteiger partial charge in [-0.1, -0.05) is 12.1 Å². The Hall–Kier alpha value is -3.25. The van der Waals surface area contributed by atoms with Crippen LogP contribution in [0.4, 0.5) is 4.39 Å². The van der Waals surface area contributed by atoms with Crippen LogP contribution in [-0.4, -0.2) is 51.8 Å². The first kappa shape index (κ1) is 25.8. The lowest BCUT2D eigenvalue weighted by molar-refractivity contribution is 0.0945. The van der Waals surface area contributed by atoms with Crippen LogP contribution in [0, 0.1) is 25.6 Å². The molecule has 0 radical (unpaired) electrons. The maximum atomic E-state index is 13.5. The van der Waals surface area contributed by atoms with Crippen LogP contribution in [0.25, 0.3) is 11.4 Å². The minimum absolute atomic E-state index is 0.0213. The van der Waals surface area contributed by atoms with Crippen molar-refractivity contribution in [3.8, 4) is 11.4 Å². The van der Waals surface area contributed by atoms with Gasteiger partial charge < -0.3 is 5.32 Å². The lowest BCUT2D eigenvalue weighted by Crippen LogP contribution is -2.37. The number of nitrogens with zero attached hydrogens (tertiary/aromatic N) is 5. The summed E-state index contributed by atoms with van der Waals surface area (Å²) < 4.78 is 39.0. The number of rotatable bonds is 8. The summed E-state index contributed by atoms with van der Waals surface area (Å²) in [6.07, 6.45) is 4.48. The number of halogens is 1. The van der Waals surface area contributed by atoms with E-state index in [0.29, 0.717) is 35.1 Å². The minimum atomic E-state index is -3.20. The number of aromatic nitrogens is 5. The monoisotopic (exact) mass is 515 g/mol. The number of sulfonamides is 1. The average Bonchev–Trinajstić information content (AvgIpc) is 3.28. The average molecular weight is 516 g/mol. The van der Waals surface area contributed by atoms with E-state index in [9.17, 15) is 17.6 Å². The molecule has 0 aliphatic heterocycles. The molecule has 2 heterocycles. The lowest BCUT2D eigenvalue weighted by atomic mass is 9.86. The standard InChI is InChI=1S/C24H30FN7O3S/c1-15-10-18(6-9-21(15)25)13-26-24(33)22-12-19(11-16(2)27-22)23-28-31-32(29-23)14-17-4-7-20(8-5-17)30-36(3,34)35/h6,9-12,17,20,30H,4-5,7-8,13-14H2,1-3H3,(H,26,33)/t17-,20-. The second-order valence-corrected chi connectivity index (χ2v) is 11.2. The van der Waals surface area contributed by atoms with Gasteiger partial charge in [0.25, 0.3) is 5.91 Å². The fourth-order valence-corrected chi connectivity index (χ4v) is 5.28.